The van der Waals surface area contributed by atoms with E-state index in [1.165, 1.54) is 43.2 Å². The van der Waals surface area contributed by atoms with Crippen molar-refractivity contribution in [3.8, 4) is 0 Å². The van der Waals surface area contributed by atoms with Crippen molar-refractivity contribution in [3.63, 3.8) is 0 Å². The van der Waals surface area contributed by atoms with Gasteiger partial charge in [0, 0.05) is 0 Å². The monoisotopic (exact) mass is 246 g/mol. The Bertz CT molecular complexity index is 349. The minimum absolute atomic E-state index is 0.858. The second kappa shape index (κ2) is 7.61. The molecule has 0 spiro atoms. The van der Waals surface area contributed by atoms with Crippen molar-refractivity contribution in [2.75, 3.05) is 0 Å². The molecular weight excluding hydrogens is 216 g/mol. The Morgan fingerprint density at radius 1 is 0.944 bits per heavy atom. The first-order valence-corrected chi connectivity index (χ1v) is 7.55. The Kier molecular flexibility index (Phi) is 6.46. The molecule has 0 aliphatic rings. The van der Waals surface area contributed by atoms with E-state index in [1.54, 1.807) is 5.56 Å². The van der Waals surface area contributed by atoms with Crippen LogP contribution in [0.2, 0.25) is 0 Å². The van der Waals surface area contributed by atoms with Gasteiger partial charge in [-0.15, -0.1) is 0 Å². The molecule has 0 N–H and O–H groups in total. The molecule has 0 fully saturated rings. The number of rotatable bonds is 7. The summed E-state index contributed by atoms with van der Waals surface area (Å²) in [6.45, 7) is 11.5. The number of hydrogen-bond donors (Lipinski definition) is 0. The van der Waals surface area contributed by atoms with Crippen molar-refractivity contribution in [3.05, 3.63) is 34.9 Å². The Labute approximate surface area is 114 Å². The molecule has 0 radical (unpaired) electrons. The summed E-state index contributed by atoms with van der Waals surface area (Å²) >= 11 is 0. The molecule has 0 aliphatic carbocycles. The van der Waals surface area contributed by atoms with Crippen LogP contribution in [0.4, 0.5) is 0 Å². The molecule has 102 valence electrons. The molecule has 1 unspecified atom stereocenters. The molecule has 0 nitrogen and oxygen atoms in total. The second-order valence-electron chi connectivity index (χ2n) is 6.40. The van der Waals surface area contributed by atoms with E-state index in [-0.39, 0.29) is 0 Å². The zero-order valence-corrected chi connectivity index (χ0v) is 12.9. The van der Waals surface area contributed by atoms with E-state index in [9.17, 15) is 0 Å². The highest BCUT2D eigenvalue weighted by Crippen LogP contribution is 2.19. The minimum atomic E-state index is 0.858. The fourth-order valence-electron chi connectivity index (χ4n) is 2.49. The third-order valence-electron chi connectivity index (χ3n) is 3.89. The standard InChI is InChI=1S/C18H30/c1-14(2)7-6-8-15(3)10-12-18-13-16(4)9-11-17(18)5/h9,11,13-15H,6-8,10,12H2,1-5H3. The van der Waals surface area contributed by atoms with Gasteiger partial charge >= 0.3 is 0 Å². The van der Waals surface area contributed by atoms with Crippen molar-refractivity contribution < 1.29 is 0 Å². The van der Waals surface area contributed by atoms with Crippen LogP contribution < -0.4 is 0 Å². The van der Waals surface area contributed by atoms with Crippen LogP contribution in [-0.4, -0.2) is 0 Å². The largest absolute Gasteiger partial charge is 0.0628 e. The maximum atomic E-state index is 2.41. The van der Waals surface area contributed by atoms with Gasteiger partial charge in [-0.1, -0.05) is 63.8 Å². The molecule has 1 aromatic carbocycles. The highest BCUT2D eigenvalue weighted by molar-refractivity contribution is 5.30. The first-order chi connectivity index (χ1) is 8.49. The zero-order chi connectivity index (χ0) is 13.5. The summed E-state index contributed by atoms with van der Waals surface area (Å²) in [5.74, 6) is 1.72. The smallest absolute Gasteiger partial charge is 0.0274 e. The molecule has 0 amide bonds. The lowest BCUT2D eigenvalue weighted by atomic mass is 9.92. The van der Waals surface area contributed by atoms with Crippen molar-refractivity contribution in [1.29, 1.82) is 0 Å². The highest BCUT2D eigenvalue weighted by atomic mass is 14.1. The normalized spacial score (nSPS) is 13.0. The van der Waals surface area contributed by atoms with Gasteiger partial charge in [-0.05, 0) is 49.7 Å². The van der Waals surface area contributed by atoms with Gasteiger partial charge in [0.2, 0.25) is 0 Å². The molecule has 0 saturated heterocycles. The van der Waals surface area contributed by atoms with Crippen molar-refractivity contribution in [2.45, 2.75) is 66.7 Å². The van der Waals surface area contributed by atoms with Gasteiger partial charge in [0.1, 0.15) is 0 Å². The summed E-state index contributed by atoms with van der Waals surface area (Å²) in [5, 5.41) is 0. The van der Waals surface area contributed by atoms with E-state index >= 15 is 0 Å². The van der Waals surface area contributed by atoms with Gasteiger partial charge in [0.25, 0.3) is 0 Å². The van der Waals surface area contributed by atoms with Crippen LogP contribution in [0.15, 0.2) is 18.2 Å². The first kappa shape index (κ1) is 15.3. The lowest BCUT2D eigenvalue weighted by Crippen LogP contribution is -2.00. The lowest BCUT2D eigenvalue weighted by molar-refractivity contribution is 0.436. The summed E-state index contributed by atoms with van der Waals surface area (Å²) in [7, 11) is 0. The topological polar surface area (TPSA) is 0 Å². The molecule has 0 aromatic heterocycles. The van der Waals surface area contributed by atoms with Crippen molar-refractivity contribution in [2.24, 2.45) is 11.8 Å². The van der Waals surface area contributed by atoms with Crippen LogP contribution in [0.5, 0.6) is 0 Å². The number of aryl methyl sites for hydroxylation is 3. The van der Waals surface area contributed by atoms with E-state index in [0.29, 0.717) is 0 Å². The third-order valence-corrected chi connectivity index (χ3v) is 3.89. The molecule has 0 aliphatic heterocycles. The highest BCUT2D eigenvalue weighted by Gasteiger charge is 2.05. The molecule has 1 aromatic rings. The molecule has 0 saturated carbocycles. The average molecular weight is 246 g/mol. The fourth-order valence-corrected chi connectivity index (χ4v) is 2.49. The van der Waals surface area contributed by atoms with Crippen LogP contribution in [0.1, 0.15) is 63.1 Å². The van der Waals surface area contributed by atoms with Crippen LogP contribution >= 0.6 is 0 Å². The average Bonchev–Trinajstić information content (AvgIpc) is 2.30. The van der Waals surface area contributed by atoms with E-state index in [1.807, 2.05) is 0 Å². The van der Waals surface area contributed by atoms with Crippen LogP contribution in [-0.2, 0) is 6.42 Å². The van der Waals surface area contributed by atoms with E-state index in [0.717, 1.165) is 11.8 Å². The lowest BCUT2D eigenvalue weighted by Gasteiger charge is -2.13. The van der Waals surface area contributed by atoms with Crippen molar-refractivity contribution >= 4 is 0 Å². The Morgan fingerprint density at radius 2 is 1.67 bits per heavy atom. The SMILES string of the molecule is Cc1ccc(C)c(CCC(C)CCCC(C)C)c1. The van der Waals surface area contributed by atoms with Gasteiger partial charge in [-0.3, -0.25) is 0 Å². The van der Waals surface area contributed by atoms with Gasteiger partial charge < -0.3 is 0 Å². The van der Waals surface area contributed by atoms with Gasteiger partial charge in [0.15, 0.2) is 0 Å². The van der Waals surface area contributed by atoms with E-state index in [4.69, 9.17) is 0 Å². The summed E-state index contributed by atoms with van der Waals surface area (Å²) in [6.07, 6.45) is 6.75. The zero-order valence-electron chi connectivity index (χ0n) is 12.9. The summed E-state index contributed by atoms with van der Waals surface area (Å²) < 4.78 is 0. The number of benzene rings is 1. The minimum Gasteiger partial charge on any atom is -0.0628 e. The quantitative estimate of drug-likeness (QED) is 0.579. The molecule has 1 rings (SSSR count). The Hall–Kier alpha value is -0.780. The molecule has 0 heteroatoms. The van der Waals surface area contributed by atoms with Gasteiger partial charge in [-0.25, -0.2) is 0 Å². The molecule has 1 atom stereocenters. The maximum Gasteiger partial charge on any atom is -0.0274 e. The third kappa shape index (κ3) is 5.71. The predicted octanol–water partition coefficient (Wildman–Crippen LogP) is 5.70. The first-order valence-electron chi connectivity index (χ1n) is 7.55. The molecule has 18 heavy (non-hydrogen) atoms. The second-order valence-corrected chi connectivity index (χ2v) is 6.40. The maximum absolute atomic E-state index is 2.41. The van der Waals surface area contributed by atoms with Crippen LogP contribution in [0.25, 0.3) is 0 Å². The van der Waals surface area contributed by atoms with Gasteiger partial charge in [-0.2, -0.15) is 0 Å². The summed E-state index contributed by atoms with van der Waals surface area (Å²) in [5.41, 5.74) is 4.39. The number of hydrogen-bond acceptors (Lipinski definition) is 0. The van der Waals surface area contributed by atoms with Crippen LogP contribution in [0.3, 0.4) is 0 Å². The van der Waals surface area contributed by atoms with E-state index < -0.39 is 0 Å². The Morgan fingerprint density at radius 3 is 2.33 bits per heavy atom. The fraction of sp³-hybridized carbons (Fsp3) is 0.667. The Balaban J connectivity index is 2.33. The van der Waals surface area contributed by atoms with Crippen LogP contribution in [0, 0.1) is 25.7 Å². The molecule has 0 bridgehead atoms. The molecule has 0 heterocycles. The predicted molar refractivity (Wildman–Crippen MR) is 82.1 cm³/mol. The van der Waals surface area contributed by atoms with Gasteiger partial charge in [0.05, 0.1) is 0 Å². The molecular formula is C18H30. The summed E-state index contributed by atoms with van der Waals surface area (Å²) in [4.78, 5) is 0. The van der Waals surface area contributed by atoms with Crippen molar-refractivity contribution in [1.82, 2.24) is 0 Å². The van der Waals surface area contributed by atoms with E-state index in [2.05, 4.69) is 52.8 Å². The summed E-state index contributed by atoms with van der Waals surface area (Å²) in [6, 6.07) is 6.83.